The lowest BCUT2D eigenvalue weighted by Gasteiger charge is -2.16. The summed E-state index contributed by atoms with van der Waals surface area (Å²) in [4.78, 5) is 28.6. The number of methoxy groups -OCH3 is 2. The summed E-state index contributed by atoms with van der Waals surface area (Å²) in [6, 6.07) is 16.2. The molecule has 4 rings (SSSR count). The smallest absolute Gasteiger partial charge is 0.282 e. The van der Waals surface area contributed by atoms with Gasteiger partial charge in [0.1, 0.15) is 17.2 Å². The van der Waals surface area contributed by atoms with Crippen molar-refractivity contribution in [2.45, 2.75) is 6.92 Å². The molecule has 3 aromatic rings. The predicted molar refractivity (Wildman–Crippen MR) is 118 cm³/mol. The molecule has 1 aliphatic rings. The summed E-state index contributed by atoms with van der Waals surface area (Å²) in [5, 5.41) is 5.01. The van der Waals surface area contributed by atoms with E-state index in [1.807, 2.05) is 36.6 Å². The van der Waals surface area contributed by atoms with Gasteiger partial charge in [-0.2, -0.15) is 0 Å². The lowest BCUT2D eigenvalue weighted by molar-refractivity contribution is -0.120. The first-order valence-electron chi connectivity index (χ1n) is 9.26. The van der Waals surface area contributed by atoms with Crippen LogP contribution in [-0.4, -0.2) is 26.0 Å². The third kappa shape index (κ3) is 3.44. The first kappa shape index (κ1) is 19.7. The molecule has 0 unspecified atom stereocenters. The first-order valence-corrected chi connectivity index (χ1v) is 10.1. The van der Waals surface area contributed by atoms with E-state index >= 15 is 0 Å². The Hall–Kier alpha value is -3.58. The second kappa shape index (κ2) is 8.04. The van der Waals surface area contributed by atoms with Gasteiger partial charge in [-0.15, -0.1) is 11.3 Å². The maximum absolute atomic E-state index is 13.4. The fourth-order valence-corrected chi connectivity index (χ4v) is 4.04. The van der Waals surface area contributed by atoms with E-state index in [0.29, 0.717) is 33.3 Å². The zero-order valence-electron chi connectivity index (χ0n) is 16.8. The number of thiophene rings is 1. The number of benzene rings is 2. The molecule has 0 radical (unpaired) electrons. The largest absolute Gasteiger partial charge is 0.497 e. The molecule has 2 heterocycles. The fraction of sp³-hybridized carbons (Fsp3) is 0.130. The van der Waals surface area contributed by atoms with E-state index < -0.39 is 5.91 Å². The number of anilines is 2. The Morgan fingerprint density at radius 1 is 0.933 bits per heavy atom. The molecule has 2 amide bonds. The number of imide groups is 1. The predicted octanol–water partition coefficient (Wildman–Crippen LogP) is 4.47. The molecule has 0 bridgehead atoms. The molecule has 0 saturated carbocycles. The number of nitrogens with one attached hydrogen (secondary N) is 1. The van der Waals surface area contributed by atoms with Gasteiger partial charge in [0.2, 0.25) is 0 Å². The summed E-state index contributed by atoms with van der Waals surface area (Å²) in [5.74, 6) is 0.347. The number of nitrogens with zero attached hydrogens (tertiary/aromatic N) is 1. The molecule has 6 nitrogen and oxygen atoms in total. The van der Waals surface area contributed by atoms with Crippen LogP contribution in [0.5, 0.6) is 11.5 Å². The summed E-state index contributed by atoms with van der Waals surface area (Å²) in [6.45, 7) is 1.95. The number of carbonyl (C=O) groups excluding carboxylic acids is 2. The van der Waals surface area contributed by atoms with Crippen LogP contribution in [0.3, 0.4) is 0 Å². The molecular formula is C23H20N2O4S. The highest BCUT2D eigenvalue weighted by molar-refractivity contribution is 7.11. The van der Waals surface area contributed by atoms with Crippen molar-refractivity contribution in [3.8, 4) is 11.5 Å². The van der Waals surface area contributed by atoms with Crippen LogP contribution < -0.4 is 19.7 Å². The van der Waals surface area contributed by atoms with Gasteiger partial charge in [0.05, 0.1) is 31.2 Å². The number of rotatable bonds is 6. The topological polar surface area (TPSA) is 67.9 Å². The minimum atomic E-state index is -0.419. The molecule has 30 heavy (non-hydrogen) atoms. The van der Waals surface area contributed by atoms with E-state index in [1.54, 1.807) is 44.6 Å². The molecule has 1 aromatic heterocycles. The molecule has 2 aromatic carbocycles. The Balaban J connectivity index is 1.81. The molecule has 0 atom stereocenters. The van der Waals surface area contributed by atoms with Gasteiger partial charge in [-0.25, -0.2) is 4.90 Å². The Morgan fingerprint density at radius 2 is 1.70 bits per heavy atom. The number of carbonyl (C=O) groups is 2. The van der Waals surface area contributed by atoms with Gasteiger partial charge < -0.3 is 14.8 Å². The highest BCUT2D eigenvalue weighted by atomic mass is 32.1. The van der Waals surface area contributed by atoms with Crippen molar-refractivity contribution in [2.75, 3.05) is 24.4 Å². The Labute approximate surface area is 178 Å². The molecular weight excluding hydrogens is 400 g/mol. The van der Waals surface area contributed by atoms with Crippen molar-refractivity contribution >= 4 is 40.1 Å². The third-order valence-electron chi connectivity index (χ3n) is 4.81. The van der Waals surface area contributed by atoms with E-state index in [4.69, 9.17) is 9.47 Å². The molecule has 1 aliphatic heterocycles. The van der Waals surface area contributed by atoms with Crippen molar-refractivity contribution in [1.29, 1.82) is 0 Å². The lowest BCUT2D eigenvalue weighted by Crippen LogP contribution is -2.32. The minimum absolute atomic E-state index is 0.203. The fourth-order valence-electron chi connectivity index (χ4n) is 3.27. The van der Waals surface area contributed by atoms with Crippen LogP contribution in [0.25, 0.3) is 5.57 Å². The maximum atomic E-state index is 13.4. The summed E-state index contributed by atoms with van der Waals surface area (Å²) in [5.41, 5.74) is 2.64. The maximum Gasteiger partial charge on any atom is 0.282 e. The summed E-state index contributed by atoms with van der Waals surface area (Å²) < 4.78 is 10.7. The van der Waals surface area contributed by atoms with Crippen LogP contribution in [0.15, 0.2) is 65.7 Å². The van der Waals surface area contributed by atoms with Crippen molar-refractivity contribution in [3.05, 3.63) is 76.1 Å². The zero-order chi connectivity index (χ0) is 21.3. The van der Waals surface area contributed by atoms with E-state index in [2.05, 4.69) is 5.32 Å². The van der Waals surface area contributed by atoms with Crippen LogP contribution in [0.1, 0.15) is 10.4 Å². The van der Waals surface area contributed by atoms with E-state index in [0.717, 1.165) is 5.56 Å². The molecule has 0 fully saturated rings. The second-order valence-electron chi connectivity index (χ2n) is 6.70. The quantitative estimate of drug-likeness (QED) is 0.596. The standard InChI is InChI=1S/C23H20N2O4S/c1-14-6-8-15(9-7-14)25-22(26)20(19-5-4-12-30-19)21(23(25)27)24-17-13-16(28-2)10-11-18(17)29-3/h4-13,24H,1-3H3. The van der Waals surface area contributed by atoms with Crippen molar-refractivity contribution in [1.82, 2.24) is 0 Å². The van der Waals surface area contributed by atoms with Crippen molar-refractivity contribution < 1.29 is 19.1 Å². The van der Waals surface area contributed by atoms with Gasteiger partial charge >= 0.3 is 0 Å². The number of ether oxygens (including phenoxy) is 2. The van der Waals surface area contributed by atoms with Gasteiger partial charge in [0.25, 0.3) is 11.8 Å². The highest BCUT2D eigenvalue weighted by Gasteiger charge is 2.41. The lowest BCUT2D eigenvalue weighted by atomic mass is 10.1. The normalized spacial score (nSPS) is 13.8. The van der Waals surface area contributed by atoms with Crippen molar-refractivity contribution in [3.63, 3.8) is 0 Å². The SMILES string of the molecule is COc1ccc(OC)c(NC2=C(c3cccs3)C(=O)N(c3ccc(C)cc3)C2=O)c1. The van der Waals surface area contributed by atoms with E-state index in [1.165, 1.54) is 16.2 Å². The summed E-state index contributed by atoms with van der Waals surface area (Å²) >= 11 is 1.40. The van der Waals surface area contributed by atoms with E-state index in [9.17, 15) is 9.59 Å². The van der Waals surface area contributed by atoms with Crippen LogP contribution in [0.4, 0.5) is 11.4 Å². The van der Waals surface area contributed by atoms with Crippen molar-refractivity contribution in [2.24, 2.45) is 0 Å². The number of aryl methyl sites for hydroxylation is 1. The second-order valence-corrected chi connectivity index (χ2v) is 7.65. The molecule has 7 heteroatoms. The Morgan fingerprint density at radius 3 is 2.33 bits per heavy atom. The van der Waals surface area contributed by atoms with Crippen LogP contribution in [0.2, 0.25) is 0 Å². The minimum Gasteiger partial charge on any atom is -0.497 e. The zero-order valence-corrected chi connectivity index (χ0v) is 17.6. The van der Waals surface area contributed by atoms with Gasteiger partial charge in [-0.3, -0.25) is 9.59 Å². The highest BCUT2D eigenvalue weighted by Crippen LogP contribution is 2.38. The average molecular weight is 420 g/mol. The monoisotopic (exact) mass is 420 g/mol. The summed E-state index contributed by atoms with van der Waals surface area (Å²) in [7, 11) is 3.10. The van der Waals surface area contributed by atoms with Crippen LogP contribution in [0, 0.1) is 6.92 Å². The number of hydrogen-bond donors (Lipinski definition) is 1. The van der Waals surface area contributed by atoms with Gasteiger partial charge in [-0.1, -0.05) is 23.8 Å². The molecule has 1 N–H and O–H groups in total. The third-order valence-corrected chi connectivity index (χ3v) is 5.70. The van der Waals surface area contributed by atoms with Crippen LogP contribution >= 0.6 is 11.3 Å². The molecule has 0 saturated heterocycles. The van der Waals surface area contributed by atoms with Gasteiger partial charge in [-0.05, 0) is 42.6 Å². The Kier molecular flexibility index (Phi) is 5.29. The molecule has 152 valence electrons. The average Bonchev–Trinajstić information content (AvgIpc) is 3.36. The molecule has 0 aliphatic carbocycles. The number of hydrogen-bond acceptors (Lipinski definition) is 6. The van der Waals surface area contributed by atoms with E-state index in [-0.39, 0.29) is 11.6 Å². The van der Waals surface area contributed by atoms with Gasteiger partial charge in [0, 0.05) is 10.9 Å². The Bertz CT molecular complexity index is 1130. The number of amides is 2. The van der Waals surface area contributed by atoms with Gasteiger partial charge in [0.15, 0.2) is 0 Å². The molecule has 0 spiro atoms. The summed E-state index contributed by atoms with van der Waals surface area (Å²) in [6.07, 6.45) is 0. The van der Waals surface area contributed by atoms with Crippen LogP contribution in [-0.2, 0) is 9.59 Å². The first-order chi connectivity index (χ1) is 14.5.